The third-order valence-electron chi connectivity index (χ3n) is 5.62. The molecule has 0 unspecified atom stereocenters. The van der Waals surface area contributed by atoms with Crippen LogP contribution >= 0.6 is 0 Å². The summed E-state index contributed by atoms with van der Waals surface area (Å²) in [6.45, 7) is 0. The molecule has 0 aromatic rings. The van der Waals surface area contributed by atoms with Gasteiger partial charge in [-0.2, -0.15) is 0 Å². The first-order chi connectivity index (χ1) is 7.74. The zero-order chi connectivity index (χ0) is 10.5. The zero-order valence-corrected chi connectivity index (χ0v) is 9.37. The molecule has 0 N–H and O–H groups in total. The largest absolute Gasteiger partial charge is 0.362 e. The Bertz CT molecular complexity index is 376. The maximum atomic E-state index is 6.23. The number of rotatable bonds is 0. The molecule has 2 saturated heterocycles. The van der Waals surface area contributed by atoms with E-state index in [2.05, 4.69) is 24.3 Å². The quantitative estimate of drug-likeness (QED) is 0.459. The first-order valence-electron chi connectivity index (χ1n) is 6.44. The summed E-state index contributed by atoms with van der Waals surface area (Å²) in [4.78, 5) is 0. The van der Waals surface area contributed by atoms with Gasteiger partial charge in [0.2, 0.25) is 0 Å². The van der Waals surface area contributed by atoms with Crippen LogP contribution in [0.4, 0.5) is 0 Å². The van der Waals surface area contributed by atoms with Gasteiger partial charge in [0.1, 0.15) is 22.4 Å². The number of ether oxygens (including phenoxy) is 2. The van der Waals surface area contributed by atoms with Crippen LogP contribution in [0.25, 0.3) is 0 Å². The molecule has 3 aliphatic carbocycles. The summed E-state index contributed by atoms with van der Waals surface area (Å²) < 4.78 is 12.5. The van der Waals surface area contributed by atoms with Gasteiger partial charge in [-0.1, -0.05) is 24.3 Å². The Morgan fingerprint density at radius 1 is 0.562 bits per heavy atom. The van der Waals surface area contributed by atoms with E-state index in [9.17, 15) is 0 Å². The minimum absolute atomic E-state index is 0.160. The molecule has 16 heavy (non-hydrogen) atoms. The summed E-state index contributed by atoms with van der Waals surface area (Å²) in [5.74, 6) is 0. The molecule has 0 aromatic heterocycles. The van der Waals surface area contributed by atoms with Gasteiger partial charge in [-0.25, -0.2) is 0 Å². The average Bonchev–Trinajstić information content (AvgIpc) is 3.09. The first kappa shape index (κ1) is 8.48. The van der Waals surface area contributed by atoms with Crippen LogP contribution in [0.2, 0.25) is 0 Å². The predicted molar refractivity (Wildman–Crippen MR) is 59.1 cm³/mol. The summed E-state index contributed by atoms with van der Waals surface area (Å²) in [5.41, 5.74) is 0.639. The van der Waals surface area contributed by atoms with Crippen LogP contribution in [0.15, 0.2) is 24.3 Å². The topological polar surface area (TPSA) is 25.1 Å². The van der Waals surface area contributed by atoms with Gasteiger partial charge in [0, 0.05) is 12.8 Å². The van der Waals surface area contributed by atoms with Crippen molar-refractivity contribution in [3.05, 3.63) is 24.3 Å². The minimum Gasteiger partial charge on any atom is -0.362 e. The maximum Gasteiger partial charge on any atom is 0.105 e. The van der Waals surface area contributed by atoms with Crippen molar-refractivity contribution < 1.29 is 9.47 Å². The lowest BCUT2D eigenvalue weighted by Crippen LogP contribution is -2.45. The third kappa shape index (κ3) is 0.671. The Morgan fingerprint density at radius 2 is 0.875 bits per heavy atom. The second kappa shape index (κ2) is 2.06. The van der Waals surface area contributed by atoms with Crippen LogP contribution in [0.5, 0.6) is 0 Å². The Labute approximate surface area is 95.3 Å². The van der Waals surface area contributed by atoms with Gasteiger partial charge in [0.25, 0.3) is 0 Å². The monoisotopic (exact) mass is 216 g/mol. The van der Waals surface area contributed by atoms with Crippen molar-refractivity contribution in [3.8, 4) is 0 Å². The Hall–Kier alpha value is -0.600. The Balaban J connectivity index is 1.61. The van der Waals surface area contributed by atoms with E-state index in [1.165, 1.54) is 0 Å². The molecule has 0 radical (unpaired) electrons. The van der Waals surface area contributed by atoms with E-state index in [1.807, 2.05) is 0 Å². The fourth-order valence-corrected chi connectivity index (χ4v) is 4.70. The smallest absolute Gasteiger partial charge is 0.105 e. The molecule has 0 spiro atoms. The maximum absolute atomic E-state index is 6.23. The number of epoxide rings is 2. The predicted octanol–water partition coefficient (Wildman–Crippen LogP) is 2.50. The zero-order valence-electron chi connectivity index (χ0n) is 9.37. The lowest BCUT2D eigenvalue weighted by molar-refractivity contribution is 0.181. The molecule has 2 aliphatic heterocycles. The van der Waals surface area contributed by atoms with Gasteiger partial charge in [-0.15, -0.1) is 0 Å². The summed E-state index contributed by atoms with van der Waals surface area (Å²) in [6, 6.07) is 0. The highest BCUT2D eigenvalue weighted by molar-refractivity contribution is 5.39. The lowest BCUT2D eigenvalue weighted by Gasteiger charge is -2.34. The summed E-state index contributed by atoms with van der Waals surface area (Å²) in [7, 11) is 0. The van der Waals surface area contributed by atoms with Crippen molar-refractivity contribution in [2.24, 2.45) is 0 Å². The molecule has 1 saturated carbocycles. The van der Waals surface area contributed by atoms with E-state index < -0.39 is 0 Å². The van der Waals surface area contributed by atoms with E-state index >= 15 is 0 Å². The molecule has 3 fully saturated rings. The van der Waals surface area contributed by atoms with Crippen LogP contribution in [-0.4, -0.2) is 22.4 Å². The first-order valence-corrected chi connectivity index (χ1v) is 6.44. The van der Waals surface area contributed by atoms with Crippen LogP contribution in [0, 0.1) is 0 Å². The molecule has 5 aliphatic rings. The van der Waals surface area contributed by atoms with Gasteiger partial charge in [-0.3, -0.25) is 0 Å². The summed E-state index contributed by atoms with van der Waals surface area (Å²) in [6.07, 6.45) is 15.9. The molecular formula is C14H16O2. The van der Waals surface area contributed by atoms with E-state index in [-0.39, 0.29) is 22.4 Å². The molecule has 2 nitrogen and oxygen atoms in total. The Kier molecular flexibility index (Phi) is 1.09. The Morgan fingerprint density at radius 3 is 1.19 bits per heavy atom. The van der Waals surface area contributed by atoms with Gasteiger partial charge in [0.05, 0.1) is 0 Å². The van der Waals surface area contributed by atoms with Gasteiger partial charge < -0.3 is 9.47 Å². The second-order valence-electron chi connectivity index (χ2n) is 6.29. The highest BCUT2D eigenvalue weighted by atomic mass is 16.7. The van der Waals surface area contributed by atoms with Crippen LogP contribution in [-0.2, 0) is 9.47 Å². The fourth-order valence-electron chi connectivity index (χ4n) is 4.70. The SMILES string of the molecule is C1=CC[C@@]23C[C@@]45CC=CC[C@@]4(C[C@@]2(C1)O3)O5. The third-order valence-corrected chi connectivity index (χ3v) is 5.62. The average molecular weight is 216 g/mol. The molecule has 0 bridgehead atoms. The molecular weight excluding hydrogens is 200 g/mol. The van der Waals surface area contributed by atoms with E-state index in [4.69, 9.17) is 9.47 Å². The van der Waals surface area contributed by atoms with Crippen molar-refractivity contribution in [1.29, 1.82) is 0 Å². The van der Waals surface area contributed by atoms with Gasteiger partial charge >= 0.3 is 0 Å². The molecule has 0 aromatic carbocycles. The molecule has 84 valence electrons. The van der Waals surface area contributed by atoms with Gasteiger partial charge in [0.15, 0.2) is 0 Å². The van der Waals surface area contributed by atoms with Crippen molar-refractivity contribution in [2.75, 3.05) is 0 Å². The molecule has 2 heterocycles. The normalized spacial score (nSPS) is 64.0. The molecule has 2 heteroatoms. The molecule has 0 amide bonds. The van der Waals surface area contributed by atoms with Crippen LogP contribution < -0.4 is 0 Å². The molecule has 5 rings (SSSR count). The summed E-state index contributed by atoms with van der Waals surface area (Å²) in [5, 5.41) is 0. The minimum atomic E-state index is 0.160. The number of hydrogen-bond acceptors (Lipinski definition) is 2. The van der Waals surface area contributed by atoms with E-state index in [1.54, 1.807) is 0 Å². The van der Waals surface area contributed by atoms with E-state index in [0.717, 1.165) is 38.5 Å². The standard InChI is InChI=1S/C14H16O2/c1-2-6-12-10-14-8-4-3-7-13(14,16-14)9-11(12,5-1)15-12/h1-4H,5-10H2/t11-,12-,13+,14+. The van der Waals surface area contributed by atoms with Crippen molar-refractivity contribution in [3.63, 3.8) is 0 Å². The number of hydrogen-bond donors (Lipinski definition) is 0. The van der Waals surface area contributed by atoms with E-state index in [0.29, 0.717) is 0 Å². The van der Waals surface area contributed by atoms with Crippen LogP contribution in [0.3, 0.4) is 0 Å². The van der Waals surface area contributed by atoms with Gasteiger partial charge in [-0.05, 0) is 25.7 Å². The lowest BCUT2D eigenvalue weighted by atomic mass is 9.62. The van der Waals surface area contributed by atoms with Crippen LogP contribution in [0.1, 0.15) is 38.5 Å². The summed E-state index contributed by atoms with van der Waals surface area (Å²) >= 11 is 0. The van der Waals surface area contributed by atoms with Crippen molar-refractivity contribution in [2.45, 2.75) is 60.9 Å². The second-order valence-corrected chi connectivity index (χ2v) is 6.29. The molecule has 4 atom stereocenters. The highest BCUT2D eigenvalue weighted by Crippen LogP contribution is 2.76. The van der Waals surface area contributed by atoms with Crippen molar-refractivity contribution in [1.82, 2.24) is 0 Å². The highest BCUT2D eigenvalue weighted by Gasteiger charge is 2.86. The van der Waals surface area contributed by atoms with Crippen molar-refractivity contribution >= 4 is 0 Å². The fraction of sp³-hybridized carbons (Fsp3) is 0.714.